The molecule has 1 amide bonds. The normalized spacial score (nSPS) is 12.6. The topological polar surface area (TPSA) is 73.6 Å². The monoisotopic (exact) mass is 296 g/mol. The van der Waals surface area contributed by atoms with Crippen LogP contribution in [0.15, 0.2) is 40.8 Å². The van der Waals surface area contributed by atoms with Crippen LogP contribution in [0.2, 0.25) is 0 Å². The van der Waals surface area contributed by atoms with Gasteiger partial charge < -0.3 is 19.2 Å². The minimum absolute atomic E-state index is 0.203. The van der Waals surface area contributed by atoms with Gasteiger partial charge in [-0.05, 0) is 30.3 Å². The second-order valence-corrected chi connectivity index (χ2v) is 4.94. The van der Waals surface area contributed by atoms with Crippen LogP contribution < -0.4 is 14.8 Å². The van der Waals surface area contributed by atoms with Gasteiger partial charge in [0.05, 0.1) is 0 Å². The van der Waals surface area contributed by atoms with E-state index in [9.17, 15) is 4.79 Å². The summed E-state index contributed by atoms with van der Waals surface area (Å²) < 4.78 is 16.0. The van der Waals surface area contributed by atoms with E-state index in [1.54, 1.807) is 43.3 Å². The average molecular weight is 296 g/mol. The zero-order chi connectivity index (χ0) is 15.1. The summed E-state index contributed by atoms with van der Waals surface area (Å²) in [4.78, 5) is 16.5. The van der Waals surface area contributed by atoms with Crippen LogP contribution in [0.3, 0.4) is 0 Å². The number of anilines is 1. The Hall–Kier alpha value is -3.02. The summed E-state index contributed by atoms with van der Waals surface area (Å²) in [5.74, 6) is 1.65. The van der Waals surface area contributed by atoms with Crippen molar-refractivity contribution in [3.05, 3.63) is 47.9 Å². The van der Waals surface area contributed by atoms with E-state index >= 15 is 0 Å². The van der Waals surface area contributed by atoms with Crippen molar-refractivity contribution in [2.45, 2.75) is 6.92 Å². The lowest BCUT2D eigenvalue weighted by Gasteiger charge is -2.06. The minimum Gasteiger partial charge on any atom is -0.454 e. The molecule has 1 aliphatic heterocycles. The van der Waals surface area contributed by atoms with Crippen molar-refractivity contribution in [3.63, 3.8) is 0 Å². The molecule has 0 saturated heterocycles. The van der Waals surface area contributed by atoms with Crippen LogP contribution in [0.5, 0.6) is 11.5 Å². The predicted octanol–water partition coefficient (Wildman–Crippen LogP) is 3.12. The molecule has 6 nitrogen and oxygen atoms in total. The van der Waals surface area contributed by atoms with Crippen LogP contribution in [0.25, 0.3) is 11.1 Å². The summed E-state index contributed by atoms with van der Waals surface area (Å²) in [5, 5.41) is 2.82. The van der Waals surface area contributed by atoms with E-state index in [2.05, 4.69) is 10.3 Å². The zero-order valence-electron chi connectivity index (χ0n) is 11.8. The summed E-state index contributed by atoms with van der Waals surface area (Å²) in [7, 11) is 0. The maximum atomic E-state index is 12.3. The number of amides is 1. The standard InChI is InChI=1S/C16H12N2O4/c1-9-17-12-4-2-10(6-14(12)22-9)16(19)18-11-3-5-13-15(7-11)21-8-20-13/h2-7H,8H2,1H3,(H,18,19). The van der Waals surface area contributed by atoms with Gasteiger partial charge in [0.2, 0.25) is 6.79 Å². The summed E-state index contributed by atoms with van der Waals surface area (Å²) in [6, 6.07) is 10.4. The molecule has 22 heavy (non-hydrogen) atoms. The number of benzene rings is 2. The van der Waals surface area contributed by atoms with Crippen molar-refractivity contribution in [1.29, 1.82) is 0 Å². The zero-order valence-corrected chi connectivity index (χ0v) is 11.8. The highest BCUT2D eigenvalue weighted by Gasteiger charge is 2.15. The van der Waals surface area contributed by atoms with Crippen LogP contribution in [0.4, 0.5) is 5.69 Å². The lowest BCUT2D eigenvalue weighted by Crippen LogP contribution is -2.11. The molecule has 0 radical (unpaired) electrons. The largest absolute Gasteiger partial charge is 0.454 e. The molecule has 0 unspecified atom stereocenters. The summed E-state index contributed by atoms with van der Waals surface area (Å²) in [5.41, 5.74) is 2.47. The molecule has 0 atom stereocenters. The third kappa shape index (κ3) is 2.14. The first kappa shape index (κ1) is 12.7. The van der Waals surface area contributed by atoms with Gasteiger partial charge in [-0.15, -0.1) is 0 Å². The Morgan fingerprint density at radius 3 is 2.91 bits per heavy atom. The number of carbonyl (C=O) groups excluding carboxylic acids is 1. The van der Waals surface area contributed by atoms with Crippen molar-refractivity contribution >= 4 is 22.7 Å². The van der Waals surface area contributed by atoms with Crippen molar-refractivity contribution in [1.82, 2.24) is 4.98 Å². The number of ether oxygens (including phenoxy) is 2. The van der Waals surface area contributed by atoms with E-state index in [1.807, 2.05) is 0 Å². The fourth-order valence-corrected chi connectivity index (χ4v) is 2.36. The minimum atomic E-state index is -0.227. The van der Waals surface area contributed by atoms with Gasteiger partial charge in [0, 0.05) is 24.2 Å². The van der Waals surface area contributed by atoms with Crippen molar-refractivity contribution < 1.29 is 18.7 Å². The van der Waals surface area contributed by atoms with Crippen molar-refractivity contribution in [2.75, 3.05) is 12.1 Å². The first-order chi connectivity index (χ1) is 10.7. The van der Waals surface area contributed by atoms with Crippen LogP contribution in [0.1, 0.15) is 16.2 Å². The average Bonchev–Trinajstić information content (AvgIpc) is 3.10. The molecular formula is C16H12N2O4. The molecule has 1 N–H and O–H groups in total. The molecule has 0 aliphatic carbocycles. The molecule has 2 heterocycles. The molecule has 0 spiro atoms. The number of rotatable bonds is 2. The number of oxazole rings is 1. The Morgan fingerprint density at radius 1 is 1.14 bits per heavy atom. The number of fused-ring (bicyclic) bond motifs is 2. The van der Waals surface area contributed by atoms with E-state index in [4.69, 9.17) is 13.9 Å². The Bertz CT molecular complexity index is 885. The highest BCUT2D eigenvalue weighted by Crippen LogP contribution is 2.34. The quantitative estimate of drug-likeness (QED) is 0.786. The summed E-state index contributed by atoms with van der Waals surface area (Å²) >= 11 is 0. The van der Waals surface area contributed by atoms with Crippen LogP contribution in [-0.4, -0.2) is 17.7 Å². The number of nitrogens with one attached hydrogen (secondary N) is 1. The molecular weight excluding hydrogens is 284 g/mol. The number of aryl methyl sites for hydroxylation is 1. The predicted molar refractivity (Wildman–Crippen MR) is 79.3 cm³/mol. The van der Waals surface area contributed by atoms with Crippen molar-refractivity contribution in [3.8, 4) is 11.5 Å². The lowest BCUT2D eigenvalue weighted by molar-refractivity contribution is 0.102. The highest BCUT2D eigenvalue weighted by molar-refractivity contribution is 6.05. The number of aromatic nitrogens is 1. The Labute approximate surface area is 125 Å². The SMILES string of the molecule is Cc1nc2ccc(C(=O)Nc3ccc4c(c3)OCO4)cc2o1. The number of carbonyl (C=O) groups is 1. The molecule has 1 aromatic heterocycles. The number of nitrogens with zero attached hydrogens (tertiary/aromatic N) is 1. The maximum absolute atomic E-state index is 12.3. The van der Waals surface area contributed by atoms with Gasteiger partial charge in [-0.25, -0.2) is 4.98 Å². The second-order valence-electron chi connectivity index (χ2n) is 4.94. The van der Waals surface area contributed by atoms with E-state index in [1.165, 1.54) is 0 Å². The fourth-order valence-electron chi connectivity index (χ4n) is 2.36. The second kappa shape index (κ2) is 4.77. The molecule has 0 saturated carbocycles. The highest BCUT2D eigenvalue weighted by atomic mass is 16.7. The Balaban J connectivity index is 1.60. The molecule has 110 valence electrons. The van der Waals surface area contributed by atoms with Crippen LogP contribution in [0, 0.1) is 6.92 Å². The molecule has 3 aromatic rings. The summed E-state index contributed by atoms with van der Waals surface area (Å²) in [6.45, 7) is 1.97. The molecule has 6 heteroatoms. The van der Waals surface area contributed by atoms with Gasteiger partial charge in [-0.1, -0.05) is 0 Å². The van der Waals surface area contributed by atoms with Gasteiger partial charge in [-0.2, -0.15) is 0 Å². The number of hydrogen-bond donors (Lipinski definition) is 1. The Kier molecular flexibility index (Phi) is 2.75. The molecule has 0 bridgehead atoms. The van der Waals surface area contributed by atoms with E-state index < -0.39 is 0 Å². The maximum Gasteiger partial charge on any atom is 0.255 e. The van der Waals surface area contributed by atoms with Gasteiger partial charge >= 0.3 is 0 Å². The van der Waals surface area contributed by atoms with Crippen molar-refractivity contribution in [2.24, 2.45) is 0 Å². The molecule has 0 fully saturated rings. The molecule has 1 aliphatic rings. The fraction of sp³-hybridized carbons (Fsp3) is 0.125. The van der Waals surface area contributed by atoms with E-state index in [0.29, 0.717) is 34.2 Å². The Morgan fingerprint density at radius 2 is 2.00 bits per heavy atom. The van der Waals surface area contributed by atoms with E-state index in [-0.39, 0.29) is 12.7 Å². The first-order valence-corrected chi connectivity index (χ1v) is 6.77. The summed E-state index contributed by atoms with van der Waals surface area (Å²) in [6.07, 6.45) is 0. The lowest BCUT2D eigenvalue weighted by atomic mass is 10.2. The smallest absolute Gasteiger partial charge is 0.255 e. The van der Waals surface area contributed by atoms with Gasteiger partial charge in [0.15, 0.2) is 23.0 Å². The third-order valence-corrected chi connectivity index (χ3v) is 3.39. The van der Waals surface area contributed by atoms with Gasteiger partial charge in [0.1, 0.15) is 5.52 Å². The third-order valence-electron chi connectivity index (χ3n) is 3.39. The van der Waals surface area contributed by atoms with Gasteiger partial charge in [-0.3, -0.25) is 4.79 Å². The van der Waals surface area contributed by atoms with E-state index in [0.717, 1.165) is 5.52 Å². The van der Waals surface area contributed by atoms with Crippen LogP contribution in [-0.2, 0) is 0 Å². The van der Waals surface area contributed by atoms with Crippen LogP contribution >= 0.6 is 0 Å². The van der Waals surface area contributed by atoms with Gasteiger partial charge in [0.25, 0.3) is 5.91 Å². The molecule has 2 aromatic carbocycles. The number of hydrogen-bond acceptors (Lipinski definition) is 5. The first-order valence-electron chi connectivity index (χ1n) is 6.77. The molecule has 4 rings (SSSR count).